The fraction of sp³-hybridized carbons (Fsp3) is 0.350. The molecule has 138 valence electrons. The molecule has 1 fully saturated rings. The second-order valence-corrected chi connectivity index (χ2v) is 8.51. The number of amides is 1. The van der Waals surface area contributed by atoms with Gasteiger partial charge in [-0.2, -0.15) is 0 Å². The third-order valence-corrected chi connectivity index (χ3v) is 6.43. The average molecular weight is 372 g/mol. The van der Waals surface area contributed by atoms with Crippen molar-refractivity contribution in [3.63, 3.8) is 0 Å². The highest BCUT2D eigenvalue weighted by Crippen LogP contribution is 2.19. The first kappa shape index (κ1) is 18.6. The van der Waals surface area contributed by atoms with Crippen molar-refractivity contribution < 1.29 is 13.2 Å². The Morgan fingerprint density at radius 3 is 2.27 bits per heavy atom. The second-order valence-electron chi connectivity index (χ2n) is 6.80. The molecule has 0 aliphatic carbocycles. The van der Waals surface area contributed by atoms with Gasteiger partial charge in [0, 0.05) is 24.7 Å². The summed E-state index contributed by atoms with van der Waals surface area (Å²) in [5, 5.41) is 0. The van der Waals surface area contributed by atoms with Crippen LogP contribution in [0.5, 0.6) is 0 Å². The zero-order valence-corrected chi connectivity index (χ0v) is 15.9. The monoisotopic (exact) mass is 372 g/mol. The molecule has 1 aliphatic rings. The number of nitrogens with one attached hydrogen (secondary N) is 1. The fourth-order valence-corrected chi connectivity index (χ4v) is 4.52. The molecule has 0 bridgehead atoms. The molecule has 1 amide bonds. The Hall–Kier alpha value is -2.18. The number of aryl methyl sites for hydroxylation is 2. The van der Waals surface area contributed by atoms with Crippen molar-refractivity contribution >= 4 is 15.9 Å². The molecule has 0 unspecified atom stereocenters. The lowest BCUT2D eigenvalue weighted by Gasteiger charge is -2.32. The highest BCUT2D eigenvalue weighted by atomic mass is 32.2. The summed E-state index contributed by atoms with van der Waals surface area (Å²) in [7, 11) is -3.54. The van der Waals surface area contributed by atoms with Gasteiger partial charge in [-0.3, -0.25) is 4.79 Å². The first-order chi connectivity index (χ1) is 12.4. The van der Waals surface area contributed by atoms with Crippen LogP contribution < -0.4 is 4.72 Å². The van der Waals surface area contributed by atoms with Gasteiger partial charge in [0.1, 0.15) is 0 Å². The van der Waals surface area contributed by atoms with Gasteiger partial charge in [0.2, 0.25) is 10.0 Å². The molecule has 2 aromatic carbocycles. The first-order valence-corrected chi connectivity index (χ1v) is 10.3. The van der Waals surface area contributed by atoms with E-state index < -0.39 is 10.0 Å². The molecule has 6 heteroatoms. The van der Waals surface area contributed by atoms with Crippen molar-refractivity contribution in [1.82, 2.24) is 9.62 Å². The van der Waals surface area contributed by atoms with Crippen LogP contribution in [0.3, 0.4) is 0 Å². The van der Waals surface area contributed by atoms with Crippen molar-refractivity contribution in [2.75, 3.05) is 13.1 Å². The van der Waals surface area contributed by atoms with E-state index in [-0.39, 0.29) is 11.9 Å². The van der Waals surface area contributed by atoms with E-state index in [2.05, 4.69) is 4.72 Å². The van der Waals surface area contributed by atoms with E-state index in [9.17, 15) is 13.2 Å². The molecular weight excluding hydrogens is 348 g/mol. The van der Waals surface area contributed by atoms with Crippen LogP contribution in [0.2, 0.25) is 0 Å². The van der Waals surface area contributed by atoms with Crippen molar-refractivity contribution in [3.05, 3.63) is 65.2 Å². The molecule has 26 heavy (non-hydrogen) atoms. The van der Waals surface area contributed by atoms with Gasteiger partial charge in [-0.25, -0.2) is 13.1 Å². The predicted molar refractivity (Wildman–Crippen MR) is 102 cm³/mol. The molecule has 3 rings (SSSR count). The van der Waals surface area contributed by atoms with E-state index in [1.165, 1.54) is 0 Å². The number of hydrogen-bond donors (Lipinski definition) is 1. The van der Waals surface area contributed by atoms with Crippen molar-refractivity contribution in [2.45, 2.75) is 37.6 Å². The summed E-state index contributed by atoms with van der Waals surface area (Å²) in [5.74, 6) is 0.000988. The van der Waals surface area contributed by atoms with E-state index >= 15 is 0 Å². The van der Waals surface area contributed by atoms with E-state index in [1.54, 1.807) is 29.2 Å². The topological polar surface area (TPSA) is 66.5 Å². The zero-order chi connectivity index (χ0) is 18.7. The van der Waals surface area contributed by atoms with Crippen LogP contribution in [0.25, 0.3) is 0 Å². The molecule has 0 aromatic heterocycles. The minimum Gasteiger partial charge on any atom is -0.339 e. The molecule has 1 heterocycles. The standard InChI is InChI=1S/C20H24N2O3S/c1-15-8-9-19(14-16(15)2)26(24,25)21-18-10-12-22(13-11-18)20(23)17-6-4-3-5-7-17/h3-9,14,18,21H,10-13H2,1-2H3. The molecule has 0 atom stereocenters. The van der Waals surface area contributed by atoms with Crippen LogP contribution in [0, 0.1) is 13.8 Å². The minimum atomic E-state index is -3.54. The molecule has 0 saturated carbocycles. The number of carbonyl (C=O) groups is 1. The van der Waals surface area contributed by atoms with Crippen LogP contribution in [0.15, 0.2) is 53.4 Å². The van der Waals surface area contributed by atoms with Gasteiger partial charge < -0.3 is 4.90 Å². The molecule has 1 aliphatic heterocycles. The first-order valence-electron chi connectivity index (χ1n) is 8.81. The third kappa shape index (κ3) is 4.14. The number of piperidine rings is 1. The smallest absolute Gasteiger partial charge is 0.253 e. The van der Waals surface area contributed by atoms with E-state index in [0.717, 1.165) is 11.1 Å². The Morgan fingerprint density at radius 1 is 1.00 bits per heavy atom. The molecule has 5 nitrogen and oxygen atoms in total. The number of likely N-dealkylation sites (tertiary alicyclic amines) is 1. The Bertz CT molecular complexity index is 887. The van der Waals surface area contributed by atoms with Gasteiger partial charge in [0.15, 0.2) is 0 Å². The quantitative estimate of drug-likeness (QED) is 0.897. The zero-order valence-electron chi connectivity index (χ0n) is 15.1. The number of hydrogen-bond acceptors (Lipinski definition) is 3. The summed E-state index contributed by atoms with van der Waals surface area (Å²) < 4.78 is 28.0. The largest absolute Gasteiger partial charge is 0.339 e. The molecule has 0 spiro atoms. The lowest BCUT2D eigenvalue weighted by Crippen LogP contribution is -2.46. The van der Waals surface area contributed by atoms with Crippen LogP contribution in [0.4, 0.5) is 0 Å². The maximum atomic E-state index is 12.6. The van der Waals surface area contributed by atoms with Gasteiger partial charge in [0.05, 0.1) is 4.90 Å². The van der Waals surface area contributed by atoms with Gasteiger partial charge in [0.25, 0.3) is 5.91 Å². The maximum absolute atomic E-state index is 12.6. The highest BCUT2D eigenvalue weighted by Gasteiger charge is 2.27. The molecule has 0 radical (unpaired) electrons. The fourth-order valence-electron chi connectivity index (χ4n) is 3.13. The van der Waals surface area contributed by atoms with Crippen LogP contribution >= 0.6 is 0 Å². The lowest BCUT2D eigenvalue weighted by molar-refractivity contribution is 0.0711. The number of sulfonamides is 1. The average Bonchev–Trinajstić information content (AvgIpc) is 2.64. The summed E-state index contributed by atoms with van der Waals surface area (Å²) >= 11 is 0. The Kier molecular flexibility index (Phi) is 5.44. The van der Waals surface area contributed by atoms with E-state index in [0.29, 0.717) is 36.4 Å². The van der Waals surface area contributed by atoms with Crippen LogP contribution in [-0.4, -0.2) is 38.4 Å². The number of carbonyl (C=O) groups excluding carboxylic acids is 1. The minimum absolute atomic E-state index is 0.000988. The highest BCUT2D eigenvalue weighted by molar-refractivity contribution is 7.89. The molecule has 1 saturated heterocycles. The predicted octanol–water partition coefficient (Wildman–Crippen LogP) is 2.89. The van der Waals surface area contributed by atoms with Gasteiger partial charge in [-0.1, -0.05) is 24.3 Å². The second kappa shape index (κ2) is 7.60. The van der Waals surface area contributed by atoms with Crippen molar-refractivity contribution in [3.8, 4) is 0 Å². The summed E-state index contributed by atoms with van der Waals surface area (Å²) in [6, 6.07) is 14.2. The molecule has 2 aromatic rings. The normalized spacial score (nSPS) is 15.8. The Morgan fingerprint density at radius 2 is 1.65 bits per heavy atom. The van der Waals surface area contributed by atoms with Crippen LogP contribution in [0.1, 0.15) is 34.3 Å². The van der Waals surface area contributed by atoms with Crippen molar-refractivity contribution in [1.29, 1.82) is 0 Å². The Balaban J connectivity index is 1.61. The van der Waals surface area contributed by atoms with Gasteiger partial charge >= 0.3 is 0 Å². The van der Waals surface area contributed by atoms with Crippen LogP contribution in [-0.2, 0) is 10.0 Å². The SMILES string of the molecule is Cc1ccc(S(=O)(=O)NC2CCN(C(=O)c3ccccc3)CC2)cc1C. The molecule has 1 N–H and O–H groups in total. The number of benzene rings is 2. The lowest BCUT2D eigenvalue weighted by atomic mass is 10.0. The van der Waals surface area contributed by atoms with Gasteiger partial charge in [-0.15, -0.1) is 0 Å². The number of nitrogens with zero attached hydrogens (tertiary/aromatic N) is 1. The number of rotatable bonds is 4. The molecular formula is C20H24N2O3S. The maximum Gasteiger partial charge on any atom is 0.253 e. The Labute approximate surface area is 155 Å². The third-order valence-electron chi connectivity index (χ3n) is 4.91. The van der Waals surface area contributed by atoms with E-state index in [4.69, 9.17) is 0 Å². The summed E-state index contributed by atoms with van der Waals surface area (Å²) in [6.45, 7) is 4.96. The summed E-state index contributed by atoms with van der Waals surface area (Å²) in [6.07, 6.45) is 1.23. The summed E-state index contributed by atoms with van der Waals surface area (Å²) in [5.41, 5.74) is 2.69. The van der Waals surface area contributed by atoms with E-state index in [1.807, 2.05) is 38.1 Å². The summed E-state index contributed by atoms with van der Waals surface area (Å²) in [4.78, 5) is 14.6. The van der Waals surface area contributed by atoms with Gasteiger partial charge in [-0.05, 0) is 62.1 Å². The van der Waals surface area contributed by atoms with Crippen molar-refractivity contribution in [2.24, 2.45) is 0 Å².